The maximum absolute atomic E-state index is 11.2. The van der Waals surface area contributed by atoms with Crippen LogP contribution in [0.1, 0.15) is 61.8 Å². The van der Waals surface area contributed by atoms with Crippen LogP contribution in [0.3, 0.4) is 0 Å². The highest BCUT2D eigenvalue weighted by molar-refractivity contribution is 7.85. The van der Waals surface area contributed by atoms with E-state index in [4.69, 9.17) is 4.18 Å². The zero-order valence-electron chi connectivity index (χ0n) is 15.3. The van der Waals surface area contributed by atoms with E-state index in [1.807, 2.05) is 6.92 Å². The van der Waals surface area contributed by atoms with Crippen LogP contribution in [0.2, 0.25) is 0 Å². The van der Waals surface area contributed by atoms with Gasteiger partial charge in [-0.3, -0.25) is 4.18 Å². The Morgan fingerprint density at radius 3 is 2.60 bits per heavy atom. The molecule has 0 spiro atoms. The largest absolute Gasteiger partial charge is 0.270 e. The van der Waals surface area contributed by atoms with Crippen molar-refractivity contribution in [2.75, 3.05) is 12.9 Å². The van der Waals surface area contributed by atoms with Gasteiger partial charge in [0.2, 0.25) is 0 Å². The van der Waals surface area contributed by atoms with E-state index in [1.54, 1.807) is 11.3 Å². The van der Waals surface area contributed by atoms with Gasteiger partial charge in [-0.15, -0.1) is 11.3 Å². The average molecular weight is 383 g/mol. The van der Waals surface area contributed by atoms with Crippen molar-refractivity contribution in [3.63, 3.8) is 0 Å². The van der Waals surface area contributed by atoms with Gasteiger partial charge in [0, 0.05) is 16.7 Å². The second-order valence-corrected chi connectivity index (χ2v) is 10.5. The maximum atomic E-state index is 11.2. The van der Waals surface area contributed by atoms with E-state index >= 15 is 0 Å². The van der Waals surface area contributed by atoms with Crippen molar-refractivity contribution < 1.29 is 12.6 Å². The third-order valence-electron chi connectivity index (χ3n) is 4.98. The Balaban J connectivity index is 1.83. The summed E-state index contributed by atoms with van der Waals surface area (Å²) in [6, 6.07) is 2.22. The van der Waals surface area contributed by atoms with E-state index in [0.717, 1.165) is 28.0 Å². The predicted molar refractivity (Wildman–Crippen MR) is 102 cm³/mol. The van der Waals surface area contributed by atoms with E-state index in [-0.39, 0.29) is 6.61 Å². The Hall–Kier alpha value is -1.05. The van der Waals surface area contributed by atoms with Gasteiger partial charge < -0.3 is 0 Å². The Morgan fingerprint density at radius 1 is 1.28 bits per heavy atom. The molecule has 0 amide bonds. The van der Waals surface area contributed by atoms with Crippen molar-refractivity contribution in [2.24, 2.45) is 5.41 Å². The fourth-order valence-corrected chi connectivity index (χ4v) is 5.14. The van der Waals surface area contributed by atoms with Gasteiger partial charge in [-0.2, -0.15) is 8.42 Å². The first-order valence-electron chi connectivity index (χ1n) is 8.74. The minimum atomic E-state index is -3.42. The van der Waals surface area contributed by atoms with Crippen LogP contribution in [0, 0.1) is 12.3 Å². The minimum Gasteiger partial charge on any atom is -0.270 e. The summed E-state index contributed by atoms with van der Waals surface area (Å²) < 4.78 is 27.2. The third kappa shape index (κ3) is 4.77. The molecular weight excluding hydrogens is 356 g/mol. The maximum Gasteiger partial charge on any atom is 0.264 e. The summed E-state index contributed by atoms with van der Waals surface area (Å²) in [6.07, 6.45) is 6.50. The van der Waals surface area contributed by atoms with Gasteiger partial charge in [0.1, 0.15) is 10.7 Å². The van der Waals surface area contributed by atoms with Crippen LogP contribution >= 0.6 is 11.3 Å². The van der Waals surface area contributed by atoms with Gasteiger partial charge in [-0.25, -0.2) is 9.97 Å². The number of rotatable bonds is 5. The van der Waals surface area contributed by atoms with Crippen molar-refractivity contribution in [3.05, 3.63) is 22.5 Å². The van der Waals surface area contributed by atoms with Crippen LogP contribution in [-0.4, -0.2) is 31.2 Å². The quantitative estimate of drug-likeness (QED) is 0.725. The Kier molecular flexibility index (Phi) is 5.19. The van der Waals surface area contributed by atoms with Crippen LogP contribution in [0.15, 0.2) is 6.07 Å². The van der Waals surface area contributed by atoms with Crippen molar-refractivity contribution in [1.82, 2.24) is 9.97 Å². The second-order valence-electron chi connectivity index (χ2n) is 7.80. The van der Waals surface area contributed by atoms with E-state index in [2.05, 4.69) is 29.9 Å². The first-order chi connectivity index (χ1) is 11.6. The molecule has 2 heterocycles. The molecule has 0 aliphatic heterocycles. The SMILES string of the molecule is Cc1nc(CCOS(C)(=O)=O)c2cc(C3CCC(C)(C)CC3)sc2n1. The van der Waals surface area contributed by atoms with Crippen LogP contribution in [-0.2, 0) is 20.7 Å². The predicted octanol–water partition coefficient (Wildman–Crippen LogP) is 4.20. The minimum absolute atomic E-state index is 0.118. The molecule has 7 heteroatoms. The lowest BCUT2D eigenvalue weighted by Crippen LogP contribution is -2.19. The lowest BCUT2D eigenvalue weighted by molar-refractivity contribution is 0.226. The molecule has 1 aliphatic rings. The molecule has 0 atom stereocenters. The Morgan fingerprint density at radius 2 is 1.96 bits per heavy atom. The number of fused-ring (bicyclic) bond motifs is 1. The van der Waals surface area contributed by atoms with Gasteiger partial charge >= 0.3 is 0 Å². The number of aryl methyl sites for hydroxylation is 1. The van der Waals surface area contributed by atoms with Crippen molar-refractivity contribution in [1.29, 1.82) is 0 Å². The molecule has 2 aromatic rings. The van der Waals surface area contributed by atoms with Gasteiger partial charge in [-0.05, 0) is 50.0 Å². The third-order valence-corrected chi connectivity index (χ3v) is 6.77. The lowest BCUT2D eigenvalue weighted by atomic mass is 9.73. The number of hydrogen-bond acceptors (Lipinski definition) is 6. The van der Waals surface area contributed by atoms with Gasteiger partial charge in [0.25, 0.3) is 10.1 Å². The lowest BCUT2D eigenvalue weighted by Gasteiger charge is -2.33. The molecule has 0 radical (unpaired) electrons. The summed E-state index contributed by atoms with van der Waals surface area (Å²) in [7, 11) is -3.42. The number of nitrogens with zero attached hydrogens (tertiary/aromatic N) is 2. The van der Waals surface area contributed by atoms with E-state index in [0.29, 0.717) is 17.8 Å². The van der Waals surface area contributed by atoms with Gasteiger partial charge in [0.15, 0.2) is 0 Å². The molecule has 0 bridgehead atoms. The summed E-state index contributed by atoms with van der Waals surface area (Å²) in [5.74, 6) is 1.33. The van der Waals surface area contributed by atoms with Crippen molar-refractivity contribution in [3.8, 4) is 0 Å². The summed E-state index contributed by atoms with van der Waals surface area (Å²) >= 11 is 1.76. The van der Waals surface area contributed by atoms with Crippen LogP contribution in [0.4, 0.5) is 0 Å². The van der Waals surface area contributed by atoms with E-state index in [9.17, 15) is 8.42 Å². The molecule has 5 nitrogen and oxygen atoms in total. The summed E-state index contributed by atoms with van der Waals surface area (Å²) in [5, 5.41) is 1.05. The Labute approximate surface area is 154 Å². The first kappa shape index (κ1) is 18.7. The van der Waals surface area contributed by atoms with Gasteiger partial charge in [-0.1, -0.05) is 13.8 Å². The van der Waals surface area contributed by atoms with Gasteiger partial charge in [0.05, 0.1) is 18.6 Å². The number of aromatic nitrogens is 2. The van der Waals surface area contributed by atoms with Crippen molar-refractivity contribution >= 4 is 31.7 Å². The molecule has 0 N–H and O–H groups in total. The molecule has 1 aliphatic carbocycles. The molecule has 25 heavy (non-hydrogen) atoms. The second kappa shape index (κ2) is 6.93. The average Bonchev–Trinajstić information content (AvgIpc) is 2.89. The monoisotopic (exact) mass is 382 g/mol. The van der Waals surface area contributed by atoms with E-state index in [1.165, 1.54) is 30.6 Å². The van der Waals surface area contributed by atoms with Crippen LogP contribution < -0.4 is 0 Å². The smallest absolute Gasteiger partial charge is 0.264 e. The topological polar surface area (TPSA) is 69.2 Å². The number of hydrogen-bond donors (Lipinski definition) is 0. The first-order valence-corrected chi connectivity index (χ1v) is 11.4. The number of thiophene rings is 1. The highest BCUT2D eigenvalue weighted by Crippen LogP contribution is 2.45. The summed E-state index contributed by atoms with van der Waals surface area (Å²) in [4.78, 5) is 11.5. The van der Waals surface area contributed by atoms with Crippen LogP contribution in [0.25, 0.3) is 10.2 Å². The molecule has 1 saturated carbocycles. The highest BCUT2D eigenvalue weighted by Gasteiger charge is 2.28. The van der Waals surface area contributed by atoms with E-state index < -0.39 is 10.1 Å². The zero-order valence-corrected chi connectivity index (χ0v) is 17.0. The van der Waals surface area contributed by atoms with Crippen molar-refractivity contribution in [2.45, 2.75) is 58.8 Å². The molecule has 0 unspecified atom stereocenters. The molecule has 3 rings (SSSR count). The molecule has 1 fully saturated rings. The van der Waals surface area contributed by atoms with Crippen LogP contribution in [0.5, 0.6) is 0 Å². The molecule has 0 aromatic carbocycles. The Bertz CT molecular complexity index is 862. The molecule has 2 aromatic heterocycles. The molecular formula is C18H26N2O3S2. The highest BCUT2D eigenvalue weighted by atomic mass is 32.2. The molecule has 0 saturated heterocycles. The fourth-order valence-electron chi connectivity index (χ4n) is 3.48. The summed E-state index contributed by atoms with van der Waals surface area (Å²) in [6.45, 7) is 6.70. The zero-order chi connectivity index (χ0) is 18.2. The summed E-state index contributed by atoms with van der Waals surface area (Å²) in [5.41, 5.74) is 1.34. The fraction of sp³-hybridized carbons (Fsp3) is 0.667. The standard InChI is InChI=1S/C18H26N2O3S2/c1-12-19-15(7-10-23-25(4,21)22)14-11-16(24-17(14)20-12)13-5-8-18(2,3)9-6-13/h11,13H,5-10H2,1-4H3. The molecule has 138 valence electrons. The normalized spacial score (nSPS) is 18.7.